The first-order chi connectivity index (χ1) is 6.29. The third-order valence-corrected chi connectivity index (χ3v) is 3.07. The molecule has 1 aromatic carbocycles. The van der Waals surface area contributed by atoms with Crippen LogP contribution in [0.2, 0.25) is 0 Å². The van der Waals surface area contributed by atoms with Gasteiger partial charge in [-0.05, 0) is 12.1 Å². The second-order valence-corrected chi connectivity index (χ2v) is 4.07. The highest BCUT2D eigenvalue weighted by molar-refractivity contribution is 9.10. The lowest BCUT2D eigenvalue weighted by Gasteiger charge is -2.18. The van der Waals surface area contributed by atoms with Crippen molar-refractivity contribution in [2.75, 3.05) is 25.1 Å². The molecule has 0 saturated heterocycles. The number of fused-ring (bicyclic) bond motifs is 1. The molecule has 0 spiro atoms. The predicted molar refractivity (Wildman–Crippen MR) is 57.1 cm³/mol. The highest BCUT2D eigenvalue weighted by atomic mass is 79.9. The maximum Gasteiger partial charge on any atom is 0.0749 e. The van der Waals surface area contributed by atoms with E-state index in [0.717, 1.165) is 17.6 Å². The van der Waals surface area contributed by atoms with Crippen LogP contribution in [0.15, 0.2) is 22.7 Å². The van der Waals surface area contributed by atoms with E-state index in [9.17, 15) is 0 Å². The fourth-order valence-electron chi connectivity index (χ4n) is 1.54. The lowest BCUT2D eigenvalue weighted by atomic mass is 10.2. The van der Waals surface area contributed by atoms with Crippen LogP contribution in [0.25, 0.3) is 0 Å². The van der Waals surface area contributed by atoms with Gasteiger partial charge in [-0.1, -0.05) is 22.0 Å². The van der Waals surface area contributed by atoms with E-state index in [1.54, 1.807) is 0 Å². The third-order valence-electron chi connectivity index (χ3n) is 2.32. The molecule has 2 rings (SSSR count). The summed E-state index contributed by atoms with van der Waals surface area (Å²) in [6.45, 7) is 2.47. The number of rotatable bonds is 0. The molecule has 70 valence electrons. The third kappa shape index (κ3) is 1.71. The van der Waals surface area contributed by atoms with Gasteiger partial charge < -0.3 is 9.64 Å². The fraction of sp³-hybridized carbons (Fsp3) is 0.400. The second kappa shape index (κ2) is 3.68. The summed E-state index contributed by atoms with van der Waals surface area (Å²) in [5.41, 5.74) is 2.52. The first-order valence-electron chi connectivity index (χ1n) is 4.35. The molecule has 13 heavy (non-hydrogen) atoms. The summed E-state index contributed by atoms with van der Waals surface area (Å²) in [5.74, 6) is 0. The number of benzene rings is 1. The van der Waals surface area contributed by atoms with E-state index in [2.05, 4.69) is 46.1 Å². The summed E-state index contributed by atoms with van der Waals surface area (Å²) in [5, 5.41) is 0. The molecule has 0 N–H and O–H groups in total. The van der Waals surface area contributed by atoms with E-state index in [0.29, 0.717) is 6.61 Å². The summed E-state index contributed by atoms with van der Waals surface area (Å²) >= 11 is 3.54. The minimum Gasteiger partial charge on any atom is -0.375 e. The lowest BCUT2D eigenvalue weighted by Crippen LogP contribution is -2.20. The Labute approximate surface area is 86.6 Å². The Hall–Kier alpha value is -0.540. The Morgan fingerprint density at radius 2 is 2.31 bits per heavy atom. The van der Waals surface area contributed by atoms with Crippen LogP contribution in [0, 0.1) is 0 Å². The summed E-state index contributed by atoms with van der Waals surface area (Å²) in [4.78, 5) is 2.23. The van der Waals surface area contributed by atoms with Gasteiger partial charge in [-0.15, -0.1) is 0 Å². The minimum absolute atomic E-state index is 0.709. The molecule has 0 atom stereocenters. The molecule has 1 heterocycles. The number of hydrogen-bond acceptors (Lipinski definition) is 2. The average molecular weight is 242 g/mol. The van der Waals surface area contributed by atoms with Crippen molar-refractivity contribution in [1.29, 1.82) is 0 Å². The largest absolute Gasteiger partial charge is 0.375 e. The molecular formula is C10H12BrNO. The van der Waals surface area contributed by atoms with Crippen LogP contribution in [0.4, 0.5) is 5.69 Å². The highest BCUT2D eigenvalue weighted by Crippen LogP contribution is 2.29. The van der Waals surface area contributed by atoms with Crippen molar-refractivity contribution in [3.63, 3.8) is 0 Å². The van der Waals surface area contributed by atoms with Crippen molar-refractivity contribution in [1.82, 2.24) is 0 Å². The second-order valence-electron chi connectivity index (χ2n) is 3.21. The molecule has 0 aliphatic carbocycles. The molecule has 0 fully saturated rings. The molecular weight excluding hydrogens is 230 g/mol. The number of halogens is 1. The Kier molecular flexibility index (Phi) is 2.56. The van der Waals surface area contributed by atoms with Gasteiger partial charge in [-0.2, -0.15) is 0 Å². The maximum atomic E-state index is 5.50. The van der Waals surface area contributed by atoms with Gasteiger partial charge in [0.15, 0.2) is 0 Å². The van der Waals surface area contributed by atoms with Crippen LogP contribution in [0.3, 0.4) is 0 Å². The standard InChI is InChI=1S/C10H12BrNO/c1-12-5-6-13-7-8-9(11)3-2-4-10(8)12/h2-4H,5-7H2,1H3. The van der Waals surface area contributed by atoms with Crippen LogP contribution in [-0.2, 0) is 11.3 Å². The van der Waals surface area contributed by atoms with E-state index < -0.39 is 0 Å². The van der Waals surface area contributed by atoms with Gasteiger partial charge in [0.25, 0.3) is 0 Å². The Bertz CT molecular complexity index is 314. The maximum absolute atomic E-state index is 5.50. The van der Waals surface area contributed by atoms with Crippen LogP contribution in [-0.4, -0.2) is 20.2 Å². The van der Waals surface area contributed by atoms with Crippen molar-refractivity contribution < 1.29 is 4.74 Å². The van der Waals surface area contributed by atoms with Crippen LogP contribution in [0.1, 0.15) is 5.56 Å². The number of anilines is 1. The number of likely N-dealkylation sites (N-methyl/N-ethyl adjacent to an activating group) is 1. The topological polar surface area (TPSA) is 12.5 Å². The average Bonchev–Trinajstić information content (AvgIpc) is 2.30. The van der Waals surface area contributed by atoms with Gasteiger partial charge in [-0.3, -0.25) is 0 Å². The monoisotopic (exact) mass is 241 g/mol. The zero-order valence-electron chi connectivity index (χ0n) is 7.59. The van der Waals surface area contributed by atoms with E-state index in [4.69, 9.17) is 4.74 Å². The van der Waals surface area contributed by atoms with E-state index in [-0.39, 0.29) is 0 Å². The van der Waals surface area contributed by atoms with Gasteiger partial charge in [0.05, 0.1) is 13.2 Å². The zero-order chi connectivity index (χ0) is 9.26. The minimum atomic E-state index is 0.709. The molecule has 0 saturated carbocycles. The van der Waals surface area contributed by atoms with Crippen molar-refractivity contribution >= 4 is 21.6 Å². The fourth-order valence-corrected chi connectivity index (χ4v) is 2.01. The Morgan fingerprint density at radius 3 is 3.15 bits per heavy atom. The highest BCUT2D eigenvalue weighted by Gasteiger charge is 2.13. The molecule has 0 aromatic heterocycles. The van der Waals surface area contributed by atoms with E-state index >= 15 is 0 Å². The van der Waals surface area contributed by atoms with Crippen molar-refractivity contribution in [2.45, 2.75) is 6.61 Å². The number of hydrogen-bond donors (Lipinski definition) is 0. The normalized spacial score (nSPS) is 16.6. The molecule has 1 aromatic rings. The quantitative estimate of drug-likeness (QED) is 0.692. The summed E-state index contributed by atoms with van der Waals surface area (Å²) in [7, 11) is 2.10. The van der Waals surface area contributed by atoms with Gasteiger partial charge in [0, 0.05) is 29.3 Å². The molecule has 0 radical (unpaired) electrons. The number of ether oxygens (including phenoxy) is 1. The number of nitrogens with zero attached hydrogens (tertiary/aromatic N) is 1. The lowest BCUT2D eigenvalue weighted by molar-refractivity contribution is 0.132. The molecule has 0 unspecified atom stereocenters. The van der Waals surface area contributed by atoms with Gasteiger partial charge in [0.2, 0.25) is 0 Å². The first-order valence-corrected chi connectivity index (χ1v) is 5.14. The molecule has 3 heteroatoms. The summed E-state index contributed by atoms with van der Waals surface area (Å²) in [6.07, 6.45) is 0. The Balaban J connectivity index is 2.47. The SMILES string of the molecule is CN1CCOCc2c(Br)cccc21. The summed E-state index contributed by atoms with van der Waals surface area (Å²) < 4.78 is 6.64. The first kappa shape index (κ1) is 9.03. The zero-order valence-corrected chi connectivity index (χ0v) is 9.17. The smallest absolute Gasteiger partial charge is 0.0749 e. The van der Waals surface area contributed by atoms with E-state index in [1.165, 1.54) is 11.3 Å². The Morgan fingerprint density at radius 1 is 1.46 bits per heavy atom. The van der Waals surface area contributed by atoms with Gasteiger partial charge in [-0.25, -0.2) is 0 Å². The van der Waals surface area contributed by atoms with Crippen molar-refractivity contribution in [3.8, 4) is 0 Å². The van der Waals surface area contributed by atoms with Gasteiger partial charge in [0.1, 0.15) is 0 Å². The summed E-state index contributed by atoms with van der Waals surface area (Å²) in [6, 6.07) is 6.25. The van der Waals surface area contributed by atoms with E-state index in [1.807, 2.05) is 0 Å². The van der Waals surface area contributed by atoms with Crippen molar-refractivity contribution in [3.05, 3.63) is 28.2 Å². The molecule has 0 bridgehead atoms. The van der Waals surface area contributed by atoms with Crippen molar-refractivity contribution in [2.24, 2.45) is 0 Å². The van der Waals surface area contributed by atoms with Crippen LogP contribution >= 0.6 is 15.9 Å². The van der Waals surface area contributed by atoms with Crippen LogP contribution in [0.5, 0.6) is 0 Å². The van der Waals surface area contributed by atoms with Gasteiger partial charge >= 0.3 is 0 Å². The van der Waals surface area contributed by atoms with Crippen LogP contribution < -0.4 is 4.90 Å². The molecule has 0 amide bonds. The molecule has 1 aliphatic rings. The molecule has 1 aliphatic heterocycles. The molecule has 2 nitrogen and oxygen atoms in total. The predicted octanol–water partition coefficient (Wildman–Crippen LogP) is 2.42.